The minimum absolute atomic E-state index is 0.139. The number of carbonyl (C=O) groups is 1. The van der Waals surface area contributed by atoms with E-state index in [1.54, 1.807) is 0 Å². The molecule has 3 heteroatoms. The molecule has 1 amide bonds. The number of nitrogens with zero attached hydrogens (tertiary/aromatic N) is 1. The third-order valence-electron chi connectivity index (χ3n) is 4.05. The molecule has 1 aliphatic heterocycles. The van der Waals surface area contributed by atoms with Crippen molar-refractivity contribution in [1.29, 1.82) is 0 Å². The highest BCUT2D eigenvalue weighted by atomic mass is 16.2. The van der Waals surface area contributed by atoms with Crippen LogP contribution in [0.1, 0.15) is 54.9 Å². The maximum absolute atomic E-state index is 12.8. The molecule has 21 heavy (non-hydrogen) atoms. The van der Waals surface area contributed by atoms with Crippen molar-refractivity contribution < 1.29 is 4.79 Å². The Labute approximate surface area is 127 Å². The van der Waals surface area contributed by atoms with Crippen molar-refractivity contribution >= 4 is 5.91 Å². The number of carbonyl (C=O) groups excluding carboxylic acids is 1. The first-order valence-corrected chi connectivity index (χ1v) is 7.86. The lowest BCUT2D eigenvalue weighted by Gasteiger charge is -2.29. The maximum Gasteiger partial charge on any atom is 0.254 e. The Morgan fingerprint density at radius 1 is 1.38 bits per heavy atom. The molecule has 3 nitrogen and oxygen atoms in total. The van der Waals surface area contributed by atoms with Gasteiger partial charge in [-0.15, -0.1) is 0 Å². The van der Waals surface area contributed by atoms with E-state index in [1.807, 2.05) is 24.3 Å². The van der Waals surface area contributed by atoms with Gasteiger partial charge in [0.2, 0.25) is 0 Å². The van der Waals surface area contributed by atoms with Gasteiger partial charge in [0.15, 0.2) is 0 Å². The van der Waals surface area contributed by atoms with Crippen LogP contribution >= 0.6 is 0 Å². The summed E-state index contributed by atoms with van der Waals surface area (Å²) in [5, 5.41) is 0. The second kappa shape index (κ2) is 7.85. The van der Waals surface area contributed by atoms with E-state index in [0.717, 1.165) is 36.9 Å². The Hall–Kier alpha value is -1.79. The number of amides is 1. The standard InChI is InChI=1S/C18H24N2O/c1-2-17-11-4-3-5-13-20(17)18(21)16-10-6-8-15(14-16)9-7-12-19/h6,8,10,14,17H,2-5,11-13,19H2,1H3. The highest BCUT2D eigenvalue weighted by Crippen LogP contribution is 2.21. The lowest BCUT2D eigenvalue weighted by atomic mass is 10.1. The lowest BCUT2D eigenvalue weighted by molar-refractivity contribution is 0.0678. The van der Waals surface area contributed by atoms with E-state index in [9.17, 15) is 4.79 Å². The van der Waals surface area contributed by atoms with Crippen molar-refractivity contribution in [3.63, 3.8) is 0 Å². The molecule has 1 aromatic carbocycles. The van der Waals surface area contributed by atoms with Gasteiger partial charge in [-0.3, -0.25) is 4.79 Å². The van der Waals surface area contributed by atoms with Crippen LogP contribution in [0.5, 0.6) is 0 Å². The number of nitrogens with two attached hydrogens (primary N) is 1. The molecule has 1 atom stereocenters. The summed E-state index contributed by atoms with van der Waals surface area (Å²) in [4.78, 5) is 14.9. The monoisotopic (exact) mass is 284 g/mol. The lowest BCUT2D eigenvalue weighted by Crippen LogP contribution is -2.39. The van der Waals surface area contributed by atoms with Crippen LogP contribution in [-0.4, -0.2) is 29.9 Å². The molecule has 2 rings (SSSR count). The number of likely N-dealkylation sites (tertiary alicyclic amines) is 1. The van der Waals surface area contributed by atoms with E-state index in [0.29, 0.717) is 12.6 Å². The van der Waals surface area contributed by atoms with Crippen LogP contribution in [0.2, 0.25) is 0 Å². The molecular formula is C18H24N2O. The minimum Gasteiger partial charge on any atom is -0.336 e. The largest absolute Gasteiger partial charge is 0.336 e. The Morgan fingerprint density at radius 3 is 3.00 bits per heavy atom. The highest BCUT2D eigenvalue weighted by molar-refractivity contribution is 5.94. The zero-order chi connectivity index (χ0) is 15.1. The fourth-order valence-corrected chi connectivity index (χ4v) is 2.92. The first-order valence-electron chi connectivity index (χ1n) is 7.86. The number of rotatable bonds is 2. The molecule has 112 valence electrons. The molecule has 1 aliphatic rings. The van der Waals surface area contributed by atoms with Gasteiger partial charge in [-0.05, 0) is 37.5 Å². The topological polar surface area (TPSA) is 46.3 Å². The zero-order valence-electron chi connectivity index (χ0n) is 12.8. The van der Waals surface area contributed by atoms with Gasteiger partial charge in [0.1, 0.15) is 0 Å². The van der Waals surface area contributed by atoms with Gasteiger partial charge in [0, 0.05) is 23.7 Å². The molecular weight excluding hydrogens is 260 g/mol. The highest BCUT2D eigenvalue weighted by Gasteiger charge is 2.24. The molecule has 1 heterocycles. The minimum atomic E-state index is 0.139. The van der Waals surface area contributed by atoms with E-state index in [1.165, 1.54) is 12.8 Å². The second-order valence-electron chi connectivity index (χ2n) is 5.50. The first kappa shape index (κ1) is 15.6. The Balaban J connectivity index is 2.21. The summed E-state index contributed by atoms with van der Waals surface area (Å²) in [6, 6.07) is 7.95. The molecule has 0 aromatic heterocycles. The van der Waals surface area contributed by atoms with Gasteiger partial charge < -0.3 is 10.6 Å². The van der Waals surface area contributed by atoms with Crippen LogP contribution in [0.25, 0.3) is 0 Å². The van der Waals surface area contributed by atoms with Crippen molar-refractivity contribution in [2.24, 2.45) is 5.73 Å². The van der Waals surface area contributed by atoms with Crippen molar-refractivity contribution in [2.75, 3.05) is 13.1 Å². The summed E-state index contributed by atoms with van der Waals surface area (Å²) in [6.45, 7) is 3.37. The molecule has 0 bridgehead atoms. The van der Waals surface area contributed by atoms with E-state index >= 15 is 0 Å². The van der Waals surface area contributed by atoms with Crippen LogP contribution in [-0.2, 0) is 0 Å². The molecule has 0 radical (unpaired) electrons. The predicted octanol–water partition coefficient (Wildman–Crippen LogP) is 2.79. The summed E-state index contributed by atoms with van der Waals surface area (Å²) < 4.78 is 0. The van der Waals surface area contributed by atoms with E-state index in [4.69, 9.17) is 5.73 Å². The Bertz CT molecular complexity index is 542. The SMILES string of the molecule is CCC1CCCCCN1C(=O)c1cccc(C#CCN)c1. The third kappa shape index (κ3) is 4.09. The summed E-state index contributed by atoms with van der Waals surface area (Å²) in [7, 11) is 0. The predicted molar refractivity (Wildman–Crippen MR) is 86.0 cm³/mol. The fourth-order valence-electron chi connectivity index (χ4n) is 2.92. The summed E-state index contributed by atoms with van der Waals surface area (Å²) in [6.07, 6.45) is 5.70. The first-order chi connectivity index (χ1) is 10.3. The van der Waals surface area contributed by atoms with E-state index < -0.39 is 0 Å². The van der Waals surface area contributed by atoms with Crippen LogP contribution in [0.4, 0.5) is 0 Å². The van der Waals surface area contributed by atoms with Crippen LogP contribution in [0, 0.1) is 11.8 Å². The van der Waals surface area contributed by atoms with E-state index in [2.05, 4.69) is 23.7 Å². The molecule has 1 saturated heterocycles. The zero-order valence-corrected chi connectivity index (χ0v) is 12.8. The summed E-state index contributed by atoms with van der Waals surface area (Å²) in [5.74, 6) is 5.97. The molecule has 2 N–H and O–H groups in total. The summed E-state index contributed by atoms with van der Waals surface area (Å²) in [5.41, 5.74) is 6.99. The van der Waals surface area contributed by atoms with Crippen LogP contribution in [0.15, 0.2) is 24.3 Å². The molecule has 1 unspecified atom stereocenters. The Kier molecular flexibility index (Phi) is 5.83. The van der Waals surface area contributed by atoms with Crippen molar-refractivity contribution in [3.05, 3.63) is 35.4 Å². The van der Waals surface area contributed by atoms with Crippen molar-refractivity contribution in [3.8, 4) is 11.8 Å². The van der Waals surface area contributed by atoms with Crippen LogP contribution in [0.3, 0.4) is 0 Å². The van der Waals surface area contributed by atoms with E-state index in [-0.39, 0.29) is 5.91 Å². The van der Waals surface area contributed by atoms with Gasteiger partial charge >= 0.3 is 0 Å². The normalized spacial score (nSPS) is 18.6. The van der Waals surface area contributed by atoms with Crippen molar-refractivity contribution in [2.45, 2.75) is 45.1 Å². The quantitative estimate of drug-likeness (QED) is 0.849. The molecule has 0 aliphatic carbocycles. The van der Waals surface area contributed by atoms with Gasteiger partial charge in [0.25, 0.3) is 5.91 Å². The molecule has 0 saturated carbocycles. The third-order valence-corrected chi connectivity index (χ3v) is 4.05. The number of benzene rings is 1. The molecule has 0 spiro atoms. The average Bonchev–Trinajstić information content (AvgIpc) is 2.77. The number of hydrogen-bond acceptors (Lipinski definition) is 2. The van der Waals surface area contributed by atoms with Crippen LogP contribution < -0.4 is 5.73 Å². The summed E-state index contributed by atoms with van der Waals surface area (Å²) >= 11 is 0. The fraction of sp³-hybridized carbons (Fsp3) is 0.500. The van der Waals surface area contributed by atoms with Gasteiger partial charge in [-0.1, -0.05) is 37.7 Å². The molecule has 1 aromatic rings. The number of hydrogen-bond donors (Lipinski definition) is 1. The van der Waals surface area contributed by atoms with Crippen molar-refractivity contribution in [1.82, 2.24) is 4.90 Å². The Morgan fingerprint density at radius 2 is 2.24 bits per heavy atom. The van der Waals surface area contributed by atoms with Gasteiger partial charge in [-0.2, -0.15) is 0 Å². The second-order valence-corrected chi connectivity index (χ2v) is 5.50. The van der Waals surface area contributed by atoms with Gasteiger partial charge in [0.05, 0.1) is 6.54 Å². The smallest absolute Gasteiger partial charge is 0.254 e. The molecule has 1 fully saturated rings. The van der Waals surface area contributed by atoms with Gasteiger partial charge in [-0.25, -0.2) is 0 Å². The average molecular weight is 284 g/mol. The maximum atomic E-state index is 12.8.